The maximum Gasteiger partial charge on any atom is 0.0281 e. The van der Waals surface area contributed by atoms with E-state index >= 15 is 0 Å². The molecule has 0 aliphatic carbocycles. The fourth-order valence-electron chi connectivity index (χ4n) is 0.577. The van der Waals surface area contributed by atoms with E-state index in [0.717, 1.165) is 6.54 Å². The number of hydrogen-bond acceptors (Lipinski definition) is 2. The Labute approximate surface area is 48.5 Å². The Bertz CT molecular complexity index is 98.3. The third-order valence-electron chi connectivity index (χ3n) is 0.936. The molecule has 0 N–H and O–H groups in total. The molecule has 0 aromatic carbocycles. The van der Waals surface area contributed by atoms with E-state index in [-0.39, 0.29) is 0 Å². The van der Waals surface area contributed by atoms with E-state index in [2.05, 4.69) is 24.4 Å². The Balaban J connectivity index is 2.42. The molecule has 2 heteroatoms. The molecule has 7 heavy (non-hydrogen) atoms. The minimum absolute atomic E-state index is 1.11. The quantitative estimate of drug-likeness (QED) is 0.440. The Morgan fingerprint density at radius 1 is 1.86 bits per heavy atom. The largest absolute Gasteiger partial charge is 0.246 e. The highest BCUT2D eigenvalue weighted by molar-refractivity contribution is 8.01. The molecule has 0 aromatic rings. The molecule has 0 bridgehead atoms. The summed E-state index contributed by atoms with van der Waals surface area (Å²) in [7, 11) is 2.09. The fourth-order valence-corrected chi connectivity index (χ4v) is 1.37. The van der Waals surface area contributed by atoms with Crippen LogP contribution in [-0.4, -0.2) is 17.9 Å². The van der Waals surface area contributed by atoms with Gasteiger partial charge in [0.1, 0.15) is 0 Å². The van der Waals surface area contributed by atoms with Crippen LogP contribution in [0.1, 0.15) is 6.92 Å². The van der Waals surface area contributed by atoms with Crippen LogP contribution in [0.15, 0.2) is 11.0 Å². The zero-order valence-electron chi connectivity index (χ0n) is 4.64. The number of allylic oxidation sites excluding steroid dienone is 1. The molecule has 0 spiro atoms. The van der Waals surface area contributed by atoms with Gasteiger partial charge in [0.05, 0.1) is 0 Å². The van der Waals surface area contributed by atoms with Gasteiger partial charge in [0.2, 0.25) is 0 Å². The fraction of sp³-hybridized carbons (Fsp3) is 0.600. The molecular formula is C5H9NS. The highest BCUT2D eigenvalue weighted by Crippen LogP contribution is 2.23. The Kier molecular flexibility index (Phi) is 1.40. The maximum atomic E-state index is 2.23. The molecule has 0 atom stereocenters. The first-order valence-electron chi connectivity index (χ1n) is 2.35. The second-order valence-corrected chi connectivity index (χ2v) is 3.17. The summed E-state index contributed by atoms with van der Waals surface area (Å²) in [5.41, 5.74) is 0. The lowest BCUT2D eigenvalue weighted by atomic mass is 10.5. The van der Waals surface area contributed by atoms with Crippen molar-refractivity contribution in [2.24, 2.45) is 0 Å². The molecule has 0 saturated heterocycles. The van der Waals surface area contributed by atoms with Crippen LogP contribution in [0, 0.1) is 0 Å². The minimum atomic E-state index is 1.11. The predicted octanol–water partition coefficient (Wildman–Crippen LogP) is 1.48. The number of likely N-dealkylation sites (N-methyl/N-ethyl adjacent to an activating group) is 1. The van der Waals surface area contributed by atoms with E-state index in [1.54, 1.807) is 0 Å². The molecule has 0 aromatic heterocycles. The van der Waals surface area contributed by atoms with Gasteiger partial charge in [-0.2, -0.15) is 0 Å². The normalized spacial score (nSPS) is 22.9. The molecule has 0 amide bonds. The summed E-state index contributed by atoms with van der Waals surface area (Å²) in [6.07, 6.45) is 2.23. The van der Waals surface area contributed by atoms with Crippen molar-refractivity contribution in [1.29, 1.82) is 0 Å². The molecule has 1 rings (SSSR count). The molecule has 0 saturated carbocycles. The Morgan fingerprint density at radius 2 is 2.57 bits per heavy atom. The topological polar surface area (TPSA) is 3.24 Å². The molecule has 0 unspecified atom stereocenters. The average Bonchev–Trinajstić information content (AvgIpc) is 1.87. The first-order valence-corrected chi connectivity index (χ1v) is 3.12. The van der Waals surface area contributed by atoms with Gasteiger partial charge in [-0.05, 0) is 30.8 Å². The van der Waals surface area contributed by atoms with Crippen molar-refractivity contribution in [3.8, 4) is 0 Å². The lowest BCUT2D eigenvalue weighted by Crippen LogP contribution is -2.01. The van der Waals surface area contributed by atoms with Crippen molar-refractivity contribution in [2.45, 2.75) is 6.92 Å². The summed E-state index contributed by atoms with van der Waals surface area (Å²) in [5.74, 6) is 0. The van der Waals surface area contributed by atoms with Gasteiger partial charge in [-0.25, -0.2) is 4.31 Å². The maximum absolute atomic E-state index is 2.23. The van der Waals surface area contributed by atoms with E-state index < -0.39 is 0 Å². The second-order valence-electron chi connectivity index (χ2n) is 1.72. The van der Waals surface area contributed by atoms with E-state index in [0.29, 0.717) is 0 Å². The van der Waals surface area contributed by atoms with Gasteiger partial charge in [-0.3, -0.25) is 0 Å². The molecule has 1 nitrogen and oxygen atoms in total. The number of hydrogen-bond donors (Lipinski definition) is 0. The van der Waals surface area contributed by atoms with Gasteiger partial charge < -0.3 is 0 Å². The van der Waals surface area contributed by atoms with Gasteiger partial charge in [0.15, 0.2) is 0 Å². The molecule has 0 fully saturated rings. The third-order valence-corrected chi connectivity index (χ3v) is 1.85. The smallest absolute Gasteiger partial charge is 0.0281 e. The van der Waals surface area contributed by atoms with Gasteiger partial charge in [0.25, 0.3) is 0 Å². The van der Waals surface area contributed by atoms with Crippen LogP contribution < -0.4 is 0 Å². The van der Waals surface area contributed by atoms with Crippen LogP contribution >= 0.6 is 11.9 Å². The van der Waals surface area contributed by atoms with Crippen molar-refractivity contribution in [3.63, 3.8) is 0 Å². The van der Waals surface area contributed by atoms with Crippen molar-refractivity contribution in [2.75, 3.05) is 13.6 Å². The van der Waals surface area contributed by atoms with Crippen LogP contribution in [0.3, 0.4) is 0 Å². The molecule has 1 heterocycles. The SMILES string of the molecule is CC1=CCN(C)S1. The van der Waals surface area contributed by atoms with Crippen LogP contribution in [0.4, 0.5) is 0 Å². The van der Waals surface area contributed by atoms with Crippen LogP contribution in [0.5, 0.6) is 0 Å². The average molecular weight is 115 g/mol. The van der Waals surface area contributed by atoms with Gasteiger partial charge in [0, 0.05) is 6.54 Å². The summed E-state index contributed by atoms with van der Waals surface area (Å²) in [4.78, 5) is 1.42. The summed E-state index contributed by atoms with van der Waals surface area (Å²) >= 11 is 1.81. The van der Waals surface area contributed by atoms with Gasteiger partial charge >= 0.3 is 0 Å². The highest BCUT2D eigenvalue weighted by atomic mass is 32.2. The number of rotatable bonds is 0. The second kappa shape index (κ2) is 1.88. The van der Waals surface area contributed by atoms with Crippen molar-refractivity contribution >= 4 is 11.9 Å². The Morgan fingerprint density at radius 3 is 2.71 bits per heavy atom. The van der Waals surface area contributed by atoms with Crippen molar-refractivity contribution < 1.29 is 0 Å². The van der Waals surface area contributed by atoms with E-state index in [4.69, 9.17) is 0 Å². The van der Waals surface area contributed by atoms with E-state index in [1.165, 1.54) is 4.91 Å². The van der Waals surface area contributed by atoms with Crippen LogP contribution in [0.25, 0.3) is 0 Å². The summed E-state index contributed by atoms with van der Waals surface area (Å²) in [6, 6.07) is 0. The van der Waals surface area contributed by atoms with Crippen LogP contribution in [-0.2, 0) is 0 Å². The summed E-state index contributed by atoms with van der Waals surface area (Å²) in [6.45, 7) is 3.24. The van der Waals surface area contributed by atoms with Crippen LogP contribution in [0.2, 0.25) is 0 Å². The summed E-state index contributed by atoms with van der Waals surface area (Å²) < 4.78 is 2.20. The first-order chi connectivity index (χ1) is 3.29. The first kappa shape index (κ1) is 5.19. The van der Waals surface area contributed by atoms with Crippen molar-refractivity contribution in [3.05, 3.63) is 11.0 Å². The zero-order valence-corrected chi connectivity index (χ0v) is 5.46. The minimum Gasteiger partial charge on any atom is -0.246 e. The molecular weight excluding hydrogens is 106 g/mol. The predicted molar refractivity (Wildman–Crippen MR) is 34.0 cm³/mol. The van der Waals surface area contributed by atoms with Gasteiger partial charge in [-0.1, -0.05) is 6.08 Å². The highest BCUT2D eigenvalue weighted by Gasteiger charge is 2.04. The van der Waals surface area contributed by atoms with Crippen molar-refractivity contribution in [1.82, 2.24) is 4.31 Å². The number of nitrogens with zero attached hydrogens (tertiary/aromatic N) is 1. The standard InChI is InChI=1S/C5H9NS/c1-5-3-4-6(2)7-5/h3H,4H2,1-2H3. The lowest BCUT2D eigenvalue weighted by molar-refractivity contribution is 0.650. The van der Waals surface area contributed by atoms with E-state index in [9.17, 15) is 0 Å². The zero-order chi connectivity index (χ0) is 5.28. The summed E-state index contributed by atoms with van der Waals surface area (Å²) in [5, 5.41) is 0. The lowest BCUT2D eigenvalue weighted by Gasteiger charge is -2.01. The molecule has 1 aliphatic rings. The van der Waals surface area contributed by atoms with E-state index in [1.807, 2.05) is 11.9 Å². The van der Waals surface area contributed by atoms with Gasteiger partial charge in [-0.15, -0.1) is 0 Å². The monoisotopic (exact) mass is 115 g/mol. The third kappa shape index (κ3) is 1.21. The molecule has 40 valence electrons. The molecule has 0 radical (unpaired) electrons. The molecule has 1 aliphatic heterocycles. The Hall–Kier alpha value is 0.0500.